The van der Waals surface area contributed by atoms with Gasteiger partial charge in [-0.15, -0.1) is 0 Å². The molecular formula is C90H96Cl2N12O18S3. The fourth-order valence-corrected chi connectivity index (χ4v) is 20.1. The first-order chi connectivity index (χ1) is 59.5. The second-order valence-corrected chi connectivity index (χ2v) is 40.8. The Bertz CT molecular complexity index is 6280. The summed E-state index contributed by atoms with van der Waals surface area (Å²) in [5, 5.41) is 27.3. The zero-order valence-corrected chi connectivity index (χ0v) is 73.8. The number of ether oxygens (including phenoxy) is 5. The predicted molar refractivity (Wildman–Crippen MR) is 476 cm³/mol. The number of methoxy groups -OCH3 is 1. The number of esters is 1. The van der Waals surface area contributed by atoms with Gasteiger partial charge in [0.15, 0.2) is 0 Å². The standard InChI is InChI=1S/C45H49ClN6O9S2.C45H47ClN6O9S/c1-45(2)13-10-32(39(25-45)30-4-6-33(46)7-5-30)27-50-15-17-51(18-16-50)34-8-9-37(42(22-34)61-35-21-31-11-14-47-43(31)48-26-35)44(53)49-63(58,59)36-23-40(52(54)55)38-20-29(12-19-62(3,56)57)28-60-41(38)24-36;1-45(2)12-10-31(38(24-45)29-4-6-32(46)7-5-29)26-50-14-16-51(17-15-50)33-8-9-36(41(21-33)61-34-20-30-11-13-47-43(30)48-25-34)44(54)49-62(57,58)35-22-39(52(55)56)37-18-28(19-42(53)59-3)27-60-40(37)23-35/h4-9,11,14,21-24,26,29H,10,12-13,15-20,25,27-28H2,1-3H3,(H,47,48)(H,49,53);4-9,11,13,20-23,25,28H,10,12,14-19,24,26-27H2,1-3H3,(H,47,48)(H,49,54)/t29-;28-/m10/s1. The molecule has 2 saturated heterocycles. The number of amides is 2. The molecule has 35 heteroatoms. The summed E-state index contributed by atoms with van der Waals surface area (Å²) in [5.74, 6) is -2.59. The predicted octanol–water partition coefficient (Wildman–Crippen LogP) is 15.7. The van der Waals surface area contributed by atoms with Gasteiger partial charge in [0.2, 0.25) is 0 Å². The number of H-pyrrole nitrogens is 2. The molecule has 2 atom stereocenters. The minimum Gasteiger partial charge on any atom is -0.493 e. The Morgan fingerprint density at radius 2 is 0.976 bits per heavy atom. The number of piperazine rings is 2. The van der Waals surface area contributed by atoms with Gasteiger partial charge in [0.1, 0.15) is 55.6 Å². The molecule has 2 aliphatic carbocycles. The summed E-state index contributed by atoms with van der Waals surface area (Å²) in [5.41, 5.74) is 10.5. The van der Waals surface area contributed by atoms with E-state index < -0.39 is 84.6 Å². The lowest BCUT2D eigenvalue weighted by Crippen LogP contribution is -2.47. The monoisotopic (exact) mass is 1800 g/mol. The molecule has 0 unspecified atom stereocenters. The molecule has 0 bridgehead atoms. The number of hydrogen-bond acceptors (Lipinski definition) is 24. The van der Waals surface area contributed by atoms with Gasteiger partial charge in [0, 0.05) is 159 Å². The first-order valence-corrected chi connectivity index (χ1v) is 47.0. The number of fused-ring (bicyclic) bond motifs is 4. The van der Waals surface area contributed by atoms with Crippen molar-refractivity contribution in [3.63, 3.8) is 0 Å². The van der Waals surface area contributed by atoms with Crippen molar-refractivity contribution in [1.29, 1.82) is 0 Å². The van der Waals surface area contributed by atoms with Crippen molar-refractivity contribution in [2.75, 3.05) is 108 Å². The van der Waals surface area contributed by atoms with Crippen LogP contribution in [-0.2, 0) is 52.3 Å². The van der Waals surface area contributed by atoms with Gasteiger partial charge in [0.05, 0.1) is 86.8 Å². The third-order valence-corrected chi connectivity index (χ3v) is 28.1. The van der Waals surface area contributed by atoms with Crippen LogP contribution < -0.4 is 38.2 Å². The summed E-state index contributed by atoms with van der Waals surface area (Å²) in [7, 11) is -11.4. The minimum absolute atomic E-state index is 0.0163. The molecule has 10 aromatic rings. The number of pyridine rings is 2. The maximum Gasteiger partial charge on any atom is 0.305 e. The Labute approximate surface area is 733 Å². The number of nitro groups is 2. The van der Waals surface area contributed by atoms with Crippen molar-refractivity contribution in [2.24, 2.45) is 22.7 Å². The van der Waals surface area contributed by atoms with Crippen LogP contribution in [0, 0.1) is 42.9 Å². The lowest BCUT2D eigenvalue weighted by molar-refractivity contribution is -0.386. The Kier molecular flexibility index (Phi) is 25.9. The van der Waals surface area contributed by atoms with Gasteiger partial charge in [-0.2, -0.15) is 0 Å². The number of sulfone groups is 1. The SMILES string of the molecule is CC1(C)CCC(CN2CCN(c3ccc(C(=O)NS(=O)(=O)c4cc5c(c([N+](=O)[O-])c4)C[C@@H](CCS(C)(=O)=O)CO5)c(Oc4cnc5[nH]ccc5c4)c3)CC2)=C(c2ccc(Cl)cc2)C1.COC(=O)C[C@H]1COc2cc(S(=O)(=O)NC(=O)c3ccc(N4CCN(CC5=C(c6ccc(Cl)cc6)CC(C)(C)CC5)CC4)cc3Oc3cnc4[nH]ccc4c3)cc([N+](=O)[O-])c2C1. The van der Waals surface area contributed by atoms with Crippen LogP contribution in [0.2, 0.25) is 10.0 Å². The van der Waals surface area contributed by atoms with E-state index in [0.717, 1.165) is 135 Å². The number of benzene rings is 6. The number of hydrogen-bond donors (Lipinski definition) is 4. The second kappa shape index (κ2) is 36.6. The van der Waals surface area contributed by atoms with Crippen LogP contribution in [0.3, 0.4) is 0 Å². The van der Waals surface area contributed by atoms with E-state index in [1.54, 1.807) is 48.8 Å². The molecule has 656 valence electrons. The molecule has 2 fully saturated rings. The van der Waals surface area contributed by atoms with Gasteiger partial charge < -0.3 is 43.5 Å². The van der Waals surface area contributed by atoms with Crippen LogP contribution in [-0.4, -0.2) is 180 Å². The normalized spacial score (nSPS) is 18.0. The fraction of sp³-hybridized carbons (Fsp3) is 0.367. The van der Waals surface area contributed by atoms with Gasteiger partial charge in [-0.1, -0.05) is 86.3 Å². The van der Waals surface area contributed by atoms with E-state index in [2.05, 4.69) is 101 Å². The molecule has 6 aliphatic rings. The molecule has 4 N–H and O–H groups in total. The molecular weight excluding hydrogens is 1700 g/mol. The quantitative estimate of drug-likeness (QED) is 0.0234. The first kappa shape index (κ1) is 88.4. The van der Waals surface area contributed by atoms with Crippen molar-refractivity contribution in [2.45, 2.75) is 102 Å². The largest absolute Gasteiger partial charge is 0.493 e. The van der Waals surface area contributed by atoms with E-state index in [9.17, 15) is 59.9 Å². The molecule has 30 nitrogen and oxygen atoms in total. The highest BCUT2D eigenvalue weighted by atomic mass is 35.5. The maximum atomic E-state index is 14.0. The summed E-state index contributed by atoms with van der Waals surface area (Å²) in [4.78, 5) is 85.9. The highest BCUT2D eigenvalue weighted by Crippen LogP contribution is 2.47. The molecule has 125 heavy (non-hydrogen) atoms. The van der Waals surface area contributed by atoms with Crippen LogP contribution in [0.15, 0.2) is 179 Å². The topological polar surface area (TPSA) is 380 Å². The number of allylic oxidation sites excluding steroid dienone is 2. The number of nitrogens with zero attached hydrogens (tertiary/aromatic N) is 8. The van der Waals surface area contributed by atoms with Crippen molar-refractivity contribution in [3.8, 4) is 34.5 Å². The van der Waals surface area contributed by atoms with Crippen LogP contribution in [0.4, 0.5) is 22.7 Å². The highest BCUT2D eigenvalue weighted by molar-refractivity contribution is 7.91. The van der Waals surface area contributed by atoms with E-state index in [-0.39, 0.29) is 107 Å². The van der Waals surface area contributed by atoms with E-state index in [0.29, 0.717) is 54.0 Å². The molecule has 0 spiro atoms. The number of carbonyl (C=O) groups excluding carboxylic acids is 3. The summed E-state index contributed by atoms with van der Waals surface area (Å²) < 4.78 is 112. The molecule has 0 saturated carbocycles. The van der Waals surface area contributed by atoms with Gasteiger partial charge in [-0.3, -0.25) is 44.4 Å². The number of halogens is 2. The Balaban J connectivity index is 0.000000193. The third kappa shape index (κ3) is 21.2. The summed E-state index contributed by atoms with van der Waals surface area (Å²) in [6.07, 6.45) is 14.3. The zero-order valence-electron chi connectivity index (χ0n) is 69.8. The summed E-state index contributed by atoms with van der Waals surface area (Å²) in [6, 6.07) is 37.4. The zero-order chi connectivity index (χ0) is 88.4. The van der Waals surface area contributed by atoms with Gasteiger partial charge in [0.25, 0.3) is 43.2 Å². The number of nitro benzene ring substituents is 2. The van der Waals surface area contributed by atoms with Crippen molar-refractivity contribution in [3.05, 3.63) is 233 Å². The lowest BCUT2D eigenvalue weighted by Gasteiger charge is -2.39. The molecule has 6 aromatic carbocycles. The number of anilines is 2. The number of nitrogens with one attached hydrogen (secondary N) is 4. The summed E-state index contributed by atoms with van der Waals surface area (Å²) in [6.45, 7) is 17.1. The van der Waals surface area contributed by atoms with Crippen LogP contribution in [0.5, 0.6) is 34.5 Å². The van der Waals surface area contributed by atoms with Crippen molar-refractivity contribution >= 4 is 127 Å². The number of sulfonamides is 2. The van der Waals surface area contributed by atoms with Gasteiger partial charge in [-0.05, 0) is 170 Å². The number of carbonyl (C=O) groups is 3. The number of aromatic nitrogens is 4. The molecule has 16 rings (SSSR count). The van der Waals surface area contributed by atoms with E-state index in [1.165, 1.54) is 65.1 Å². The Hall–Kier alpha value is -11.5. The lowest BCUT2D eigenvalue weighted by atomic mass is 9.72. The smallest absolute Gasteiger partial charge is 0.305 e. The third-order valence-electron chi connectivity index (χ3n) is 24.0. The second-order valence-electron chi connectivity index (χ2n) is 34.3. The van der Waals surface area contributed by atoms with Crippen molar-refractivity contribution in [1.82, 2.24) is 39.2 Å². The van der Waals surface area contributed by atoms with Gasteiger partial charge in [-0.25, -0.2) is 44.7 Å². The molecule has 0 radical (unpaired) electrons. The van der Waals surface area contributed by atoms with Crippen LogP contribution in [0.1, 0.15) is 122 Å². The minimum atomic E-state index is -4.69. The van der Waals surface area contributed by atoms with E-state index in [1.807, 2.05) is 36.4 Å². The number of rotatable bonds is 25. The van der Waals surface area contributed by atoms with E-state index >= 15 is 0 Å². The van der Waals surface area contributed by atoms with Crippen LogP contribution >= 0.6 is 23.2 Å². The average Bonchev–Trinajstić information content (AvgIpc) is 1.22. The molecule has 4 aliphatic heterocycles. The number of aromatic amines is 2. The molecule has 2 amide bonds. The Morgan fingerprint density at radius 3 is 1.38 bits per heavy atom. The molecule has 8 heterocycles. The molecule has 4 aromatic heterocycles. The fourth-order valence-electron chi connectivity index (χ4n) is 17.1. The Morgan fingerprint density at radius 1 is 0.560 bits per heavy atom. The first-order valence-electron chi connectivity index (χ1n) is 41.2. The maximum absolute atomic E-state index is 14.0. The highest BCUT2D eigenvalue weighted by Gasteiger charge is 2.38. The van der Waals surface area contributed by atoms with Crippen molar-refractivity contribution < 1.29 is 73.2 Å². The average molecular weight is 1800 g/mol. The van der Waals surface area contributed by atoms with Gasteiger partial charge >= 0.3 is 5.97 Å². The van der Waals surface area contributed by atoms with Crippen LogP contribution in [0.25, 0.3) is 33.2 Å². The van der Waals surface area contributed by atoms with E-state index in [4.69, 9.17) is 46.9 Å². The summed E-state index contributed by atoms with van der Waals surface area (Å²) >= 11 is 12.5.